The van der Waals surface area contributed by atoms with Crippen LogP contribution in [0.2, 0.25) is 0 Å². The first-order chi connectivity index (χ1) is 10.5. The molecule has 2 rings (SSSR count). The van der Waals surface area contributed by atoms with Gasteiger partial charge in [-0.05, 0) is 25.5 Å². The van der Waals surface area contributed by atoms with E-state index in [4.69, 9.17) is 0 Å². The van der Waals surface area contributed by atoms with E-state index in [2.05, 4.69) is 10.6 Å². The fourth-order valence-electron chi connectivity index (χ4n) is 2.60. The van der Waals surface area contributed by atoms with Gasteiger partial charge in [0.15, 0.2) is 5.78 Å². The summed E-state index contributed by atoms with van der Waals surface area (Å²) in [6.07, 6.45) is 0.666. The first-order valence-corrected chi connectivity index (χ1v) is 7.44. The standard InChI is InChI=1S/C16H21N3O3/c1-3-14-16(22)17-7-8-19(14)10-15(21)18-13-6-4-5-12(9-13)11(2)20/h4-6,9,14H,3,7-8,10H2,1-2H3,(H,17,22)(H,18,21). The lowest BCUT2D eigenvalue weighted by atomic mass is 10.1. The lowest BCUT2D eigenvalue weighted by Crippen LogP contribution is -2.56. The summed E-state index contributed by atoms with van der Waals surface area (Å²) in [7, 11) is 0. The Morgan fingerprint density at radius 2 is 2.18 bits per heavy atom. The molecule has 1 aromatic rings. The van der Waals surface area contributed by atoms with Crippen molar-refractivity contribution in [3.63, 3.8) is 0 Å². The second kappa shape index (κ2) is 7.17. The van der Waals surface area contributed by atoms with Crippen LogP contribution < -0.4 is 10.6 Å². The molecule has 0 radical (unpaired) electrons. The fraction of sp³-hybridized carbons (Fsp3) is 0.438. The number of hydrogen-bond acceptors (Lipinski definition) is 4. The van der Waals surface area contributed by atoms with Gasteiger partial charge in [-0.15, -0.1) is 0 Å². The number of benzene rings is 1. The van der Waals surface area contributed by atoms with Gasteiger partial charge in [0.2, 0.25) is 11.8 Å². The molecule has 2 amide bonds. The van der Waals surface area contributed by atoms with Crippen LogP contribution in [0.15, 0.2) is 24.3 Å². The molecule has 0 bridgehead atoms. The first kappa shape index (κ1) is 16.2. The van der Waals surface area contributed by atoms with Crippen molar-refractivity contribution in [2.24, 2.45) is 0 Å². The molecule has 6 nitrogen and oxygen atoms in total. The summed E-state index contributed by atoms with van der Waals surface area (Å²) >= 11 is 0. The van der Waals surface area contributed by atoms with E-state index in [1.807, 2.05) is 11.8 Å². The van der Waals surface area contributed by atoms with E-state index in [0.717, 1.165) is 0 Å². The predicted octanol–water partition coefficient (Wildman–Crippen LogP) is 1.04. The molecule has 22 heavy (non-hydrogen) atoms. The predicted molar refractivity (Wildman–Crippen MR) is 83.7 cm³/mol. The fourth-order valence-corrected chi connectivity index (χ4v) is 2.60. The second-order valence-electron chi connectivity index (χ2n) is 5.37. The third-order valence-electron chi connectivity index (χ3n) is 3.73. The van der Waals surface area contributed by atoms with Crippen LogP contribution >= 0.6 is 0 Å². The van der Waals surface area contributed by atoms with Crippen molar-refractivity contribution >= 4 is 23.3 Å². The molecule has 6 heteroatoms. The summed E-state index contributed by atoms with van der Waals surface area (Å²) in [5, 5.41) is 5.59. The highest BCUT2D eigenvalue weighted by molar-refractivity contribution is 5.97. The van der Waals surface area contributed by atoms with Crippen LogP contribution in [-0.4, -0.2) is 48.2 Å². The van der Waals surface area contributed by atoms with Gasteiger partial charge in [-0.3, -0.25) is 19.3 Å². The number of anilines is 1. The van der Waals surface area contributed by atoms with Gasteiger partial charge in [0.25, 0.3) is 0 Å². The molecule has 1 aliphatic heterocycles. The minimum atomic E-state index is -0.261. The molecule has 0 aromatic heterocycles. The quantitative estimate of drug-likeness (QED) is 0.797. The van der Waals surface area contributed by atoms with Crippen LogP contribution in [0.3, 0.4) is 0 Å². The number of hydrogen-bond donors (Lipinski definition) is 2. The zero-order valence-electron chi connectivity index (χ0n) is 12.9. The van der Waals surface area contributed by atoms with Crippen molar-refractivity contribution in [3.05, 3.63) is 29.8 Å². The highest BCUT2D eigenvalue weighted by Gasteiger charge is 2.29. The Bertz CT molecular complexity index is 586. The molecule has 0 spiro atoms. The SMILES string of the molecule is CCC1C(=O)NCCN1CC(=O)Nc1cccc(C(C)=O)c1. The Morgan fingerprint density at radius 1 is 1.41 bits per heavy atom. The molecule has 1 aliphatic rings. The van der Waals surface area contributed by atoms with Crippen molar-refractivity contribution in [3.8, 4) is 0 Å². The van der Waals surface area contributed by atoms with Gasteiger partial charge in [-0.25, -0.2) is 0 Å². The highest BCUT2D eigenvalue weighted by Crippen LogP contribution is 2.12. The van der Waals surface area contributed by atoms with Crippen molar-refractivity contribution in [2.45, 2.75) is 26.3 Å². The second-order valence-corrected chi connectivity index (χ2v) is 5.37. The third kappa shape index (κ3) is 3.92. The monoisotopic (exact) mass is 303 g/mol. The van der Waals surface area contributed by atoms with Gasteiger partial charge < -0.3 is 10.6 Å². The molecular formula is C16H21N3O3. The van der Waals surface area contributed by atoms with Gasteiger partial charge in [0, 0.05) is 24.3 Å². The zero-order valence-corrected chi connectivity index (χ0v) is 12.9. The Labute approximate surface area is 129 Å². The van der Waals surface area contributed by atoms with Crippen molar-refractivity contribution in [1.29, 1.82) is 0 Å². The average Bonchev–Trinajstić information content (AvgIpc) is 2.47. The Kier molecular flexibility index (Phi) is 5.27. The van der Waals surface area contributed by atoms with E-state index < -0.39 is 0 Å². The molecule has 0 saturated carbocycles. The van der Waals surface area contributed by atoms with E-state index in [-0.39, 0.29) is 30.2 Å². The van der Waals surface area contributed by atoms with Gasteiger partial charge in [-0.2, -0.15) is 0 Å². The van der Waals surface area contributed by atoms with Crippen molar-refractivity contribution in [1.82, 2.24) is 10.2 Å². The Hall–Kier alpha value is -2.21. The molecule has 2 N–H and O–H groups in total. The topological polar surface area (TPSA) is 78.5 Å². The third-order valence-corrected chi connectivity index (χ3v) is 3.73. The van der Waals surface area contributed by atoms with Gasteiger partial charge in [-0.1, -0.05) is 19.1 Å². The summed E-state index contributed by atoms with van der Waals surface area (Å²) in [5.41, 5.74) is 1.15. The smallest absolute Gasteiger partial charge is 0.238 e. The number of amides is 2. The molecule has 1 unspecified atom stereocenters. The summed E-state index contributed by atoms with van der Waals surface area (Å²) in [6.45, 7) is 4.79. The number of piperazine rings is 1. The number of ketones is 1. The number of Topliss-reactive ketones (excluding diaryl/α,β-unsaturated/α-hetero) is 1. The molecule has 1 fully saturated rings. The molecule has 1 saturated heterocycles. The van der Waals surface area contributed by atoms with E-state index in [1.54, 1.807) is 24.3 Å². The van der Waals surface area contributed by atoms with E-state index in [9.17, 15) is 14.4 Å². The Morgan fingerprint density at radius 3 is 2.86 bits per heavy atom. The largest absolute Gasteiger partial charge is 0.353 e. The van der Waals surface area contributed by atoms with Crippen LogP contribution in [0.1, 0.15) is 30.6 Å². The van der Waals surface area contributed by atoms with Crippen LogP contribution in [0.5, 0.6) is 0 Å². The normalized spacial score (nSPS) is 18.6. The minimum absolute atomic E-state index is 0.0277. The Balaban J connectivity index is 1.99. The lowest BCUT2D eigenvalue weighted by Gasteiger charge is -2.33. The van der Waals surface area contributed by atoms with Crippen molar-refractivity contribution < 1.29 is 14.4 Å². The van der Waals surface area contributed by atoms with Gasteiger partial charge in [0.05, 0.1) is 12.6 Å². The highest BCUT2D eigenvalue weighted by atomic mass is 16.2. The number of nitrogens with one attached hydrogen (secondary N) is 2. The molecule has 1 heterocycles. The average molecular weight is 303 g/mol. The lowest BCUT2D eigenvalue weighted by molar-refractivity contribution is -0.130. The van der Waals surface area contributed by atoms with Crippen molar-refractivity contribution in [2.75, 3.05) is 25.0 Å². The molecule has 0 aliphatic carbocycles. The van der Waals surface area contributed by atoms with E-state index in [0.29, 0.717) is 30.8 Å². The number of rotatable bonds is 5. The maximum absolute atomic E-state index is 12.2. The minimum Gasteiger partial charge on any atom is -0.353 e. The maximum Gasteiger partial charge on any atom is 0.238 e. The zero-order chi connectivity index (χ0) is 16.1. The van der Waals surface area contributed by atoms with Crippen LogP contribution in [-0.2, 0) is 9.59 Å². The summed E-state index contributed by atoms with van der Waals surface area (Å²) in [5.74, 6) is -0.260. The molecular weight excluding hydrogens is 282 g/mol. The number of carbonyl (C=O) groups excluding carboxylic acids is 3. The summed E-state index contributed by atoms with van der Waals surface area (Å²) < 4.78 is 0. The van der Waals surface area contributed by atoms with E-state index in [1.165, 1.54) is 6.92 Å². The summed E-state index contributed by atoms with van der Waals surface area (Å²) in [4.78, 5) is 37.2. The molecule has 118 valence electrons. The van der Waals surface area contributed by atoms with Gasteiger partial charge in [0.1, 0.15) is 0 Å². The molecule has 1 aromatic carbocycles. The number of carbonyl (C=O) groups is 3. The first-order valence-electron chi connectivity index (χ1n) is 7.44. The van der Waals surface area contributed by atoms with E-state index >= 15 is 0 Å². The summed E-state index contributed by atoms with van der Waals surface area (Å²) in [6, 6.07) is 6.57. The van der Waals surface area contributed by atoms with Gasteiger partial charge >= 0.3 is 0 Å². The maximum atomic E-state index is 12.2. The van der Waals surface area contributed by atoms with Crippen LogP contribution in [0.25, 0.3) is 0 Å². The molecule has 1 atom stereocenters. The number of nitrogens with zero attached hydrogens (tertiary/aromatic N) is 1. The van der Waals surface area contributed by atoms with Crippen LogP contribution in [0.4, 0.5) is 5.69 Å². The van der Waals surface area contributed by atoms with Crippen LogP contribution in [0, 0.1) is 0 Å².